The first-order valence-electron chi connectivity index (χ1n) is 11.0. The largest absolute Gasteiger partial charge is 0.493 e. The van der Waals surface area contributed by atoms with E-state index < -0.39 is 6.23 Å². The van der Waals surface area contributed by atoms with Gasteiger partial charge in [-0.15, -0.1) is 0 Å². The van der Waals surface area contributed by atoms with Gasteiger partial charge in [0.1, 0.15) is 5.75 Å². The first-order chi connectivity index (χ1) is 16.3. The molecule has 3 aromatic rings. The molecule has 2 aliphatic heterocycles. The molecule has 34 heavy (non-hydrogen) atoms. The molecule has 0 saturated heterocycles. The number of methoxy groups -OCH3 is 1. The van der Waals surface area contributed by atoms with E-state index in [1.807, 2.05) is 73.5 Å². The van der Waals surface area contributed by atoms with Crippen molar-refractivity contribution in [1.29, 1.82) is 0 Å². The molecule has 0 aromatic heterocycles. The van der Waals surface area contributed by atoms with Crippen molar-refractivity contribution in [3.05, 3.63) is 86.4 Å². The second-order valence-corrected chi connectivity index (χ2v) is 9.79. The van der Waals surface area contributed by atoms with Crippen LogP contribution in [0.1, 0.15) is 49.2 Å². The third kappa shape index (κ3) is 4.28. The van der Waals surface area contributed by atoms with E-state index in [0.717, 1.165) is 28.2 Å². The molecule has 2 heterocycles. The highest BCUT2D eigenvalue weighted by atomic mass is 35.5. The Morgan fingerprint density at radius 3 is 2.44 bits per heavy atom. The van der Waals surface area contributed by atoms with E-state index in [1.165, 1.54) is 0 Å². The third-order valence-electron chi connectivity index (χ3n) is 5.82. The quantitative estimate of drug-likeness (QED) is 0.348. The standard InChI is InChI=1S/C26H23Cl3N2O3/c1-14(2)33-25-20(29)10-16(11-24(25)32-3)26-31-22(19-12-18(28)8-9-23(19)34-26)13-21(30-31)15-4-6-17(27)7-5-15/h4-12,14,22,26H,13H2,1-3H3. The summed E-state index contributed by atoms with van der Waals surface area (Å²) in [5, 5.41) is 8.73. The van der Waals surface area contributed by atoms with Gasteiger partial charge in [-0.2, -0.15) is 5.10 Å². The lowest BCUT2D eigenvalue weighted by Crippen LogP contribution is -2.33. The molecule has 2 aliphatic rings. The van der Waals surface area contributed by atoms with Gasteiger partial charge in [0.25, 0.3) is 0 Å². The highest BCUT2D eigenvalue weighted by Gasteiger charge is 2.41. The highest BCUT2D eigenvalue weighted by Crippen LogP contribution is 2.50. The Morgan fingerprint density at radius 1 is 1.00 bits per heavy atom. The van der Waals surface area contributed by atoms with Crippen LogP contribution < -0.4 is 14.2 Å². The molecule has 5 nitrogen and oxygen atoms in total. The van der Waals surface area contributed by atoms with Gasteiger partial charge in [0.05, 0.1) is 30.0 Å². The maximum Gasteiger partial charge on any atom is 0.214 e. The molecule has 0 saturated carbocycles. The van der Waals surface area contributed by atoms with Gasteiger partial charge in [-0.1, -0.05) is 46.9 Å². The lowest BCUT2D eigenvalue weighted by molar-refractivity contribution is -0.0191. The molecule has 0 amide bonds. The summed E-state index contributed by atoms with van der Waals surface area (Å²) in [6.45, 7) is 3.88. The number of fused-ring (bicyclic) bond motifs is 3. The first-order valence-corrected chi connectivity index (χ1v) is 12.1. The second kappa shape index (κ2) is 9.21. The van der Waals surface area contributed by atoms with Crippen molar-refractivity contribution in [2.75, 3.05) is 7.11 Å². The Labute approximate surface area is 213 Å². The Balaban J connectivity index is 1.60. The number of nitrogens with zero attached hydrogens (tertiary/aromatic N) is 2. The van der Waals surface area contributed by atoms with E-state index in [1.54, 1.807) is 7.11 Å². The summed E-state index contributed by atoms with van der Waals surface area (Å²) in [6.07, 6.45) is 0.145. The van der Waals surface area contributed by atoms with Crippen LogP contribution in [0.2, 0.25) is 15.1 Å². The maximum atomic E-state index is 6.64. The SMILES string of the molecule is COc1cc(C2Oc3ccc(Cl)cc3C3CC(c4ccc(Cl)cc4)=NN32)cc(Cl)c1OC(C)C. The van der Waals surface area contributed by atoms with Gasteiger partial charge in [-0.05, 0) is 61.9 Å². The van der Waals surface area contributed by atoms with Crippen LogP contribution in [0.15, 0.2) is 59.7 Å². The van der Waals surface area contributed by atoms with Gasteiger partial charge >= 0.3 is 0 Å². The van der Waals surface area contributed by atoms with Crippen molar-refractivity contribution in [2.45, 2.75) is 38.6 Å². The van der Waals surface area contributed by atoms with Gasteiger partial charge in [-0.25, -0.2) is 5.01 Å². The van der Waals surface area contributed by atoms with Crippen LogP contribution in [-0.2, 0) is 0 Å². The summed E-state index contributed by atoms with van der Waals surface area (Å²) in [6, 6.07) is 17.1. The van der Waals surface area contributed by atoms with E-state index in [-0.39, 0.29) is 12.1 Å². The molecule has 0 bridgehead atoms. The monoisotopic (exact) mass is 516 g/mol. The molecule has 0 spiro atoms. The average Bonchev–Trinajstić information content (AvgIpc) is 3.26. The fraction of sp³-hybridized carbons (Fsp3) is 0.269. The number of benzene rings is 3. The summed E-state index contributed by atoms with van der Waals surface area (Å²) in [5.74, 6) is 1.81. The molecule has 2 unspecified atom stereocenters. The predicted molar refractivity (Wildman–Crippen MR) is 136 cm³/mol. The van der Waals surface area contributed by atoms with Crippen LogP contribution in [0, 0.1) is 0 Å². The maximum absolute atomic E-state index is 6.64. The molecule has 5 rings (SSSR count). The Kier molecular flexibility index (Phi) is 6.28. The van der Waals surface area contributed by atoms with Crippen LogP contribution in [0.5, 0.6) is 17.2 Å². The first kappa shape index (κ1) is 23.2. The predicted octanol–water partition coefficient (Wildman–Crippen LogP) is 7.68. The molecular weight excluding hydrogens is 495 g/mol. The molecule has 0 radical (unpaired) electrons. The number of rotatable bonds is 5. The van der Waals surface area contributed by atoms with E-state index in [2.05, 4.69) is 0 Å². The van der Waals surface area contributed by atoms with E-state index in [9.17, 15) is 0 Å². The molecule has 0 fully saturated rings. The van der Waals surface area contributed by atoms with Crippen LogP contribution in [-0.4, -0.2) is 23.9 Å². The number of hydrogen-bond donors (Lipinski definition) is 0. The van der Waals surface area contributed by atoms with Crippen molar-refractivity contribution < 1.29 is 14.2 Å². The Hall–Kier alpha value is -2.60. The summed E-state index contributed by atoms with van der Waals surface area (Å²) in [5.41, 5.74) is 3.76. The number of ether oxygens (including phenoxy) is 3. The fourth-order valence-electron chi connectivity index (χ4n) is 4.33. The van der Waals surface area contributed by atoms with E-state index in [0.29, 0.717) is 33.0 Å². The van der Waals surface area contributed by atoms with Crippen molar-refractivity contribution in [3.8, 4) is 17.2 Å². The smallest absolute Gasteiger partial charge is 0.214 e. The van der Waals surface area contributed by atoms with Crippen LogP contribution in [0.3, 0.4) is 0 Å². The Morgan fingerprint density at radius 2 is 1.74 bits per heavy atom. The van der Waals surface area contributed by atoms with Crippen LogP contribution >= 0.6 is 34.8 Å². The summed E-state index contributed by atoms with van der Waals surface area (Å²) >= 11 is 19.1. The van der Waals surface area contributed by atoms with Gasteiger partial charge in [-0.3, -0.25) is 0 Å². The number of hydrazone groups is 1. The van der Waals surface area contributed by atoms with Crippen LogP contribution in [0.4, 0.5) is 0 Å². The molecule has 0 aliphatic carbocycles. The molecule has 3 aromatic carbocycles. The molecule has 2 atom stereocenters. The van der Waals surface area contributed by atoms with E-state index in [4.69, 9.17) is 54.1 Å². The topological polar surface area (TPSA) is 43.3 Å². The molecule has 176 valence electrons. The zero-order valence-electron chi connectivity index (χ0n) is 18.9. The van der Waals surface area contributed by atoms with Gasteiger partial charge in [0.2, 0.25) is 6.23 Å². The van der Waals surface area contributed by atoms with E-state index >= 15 is 0 Å². The normalized spacial score (nSPS) is 18.8. The molecule has 8 heteroatoms. The highest BCUT2D eigenvalue weighted by molar-refractivity contribution is 6.32. The number of hydrogen-bond acceptors (Lipinski definition) is 5. The minimum Gasteiger partial charge on any atom is -0.493 e. The van der Waals surface area contributed by atoms with Crippen molar-refractivity contribution >= 4 is 40.5 Å². The summed E-state index contributed by atoms with van der Waals surface area (Å²) in [7, 11) is 1.59. The second-order valence-electron chi connectivity index (χ2n) is 8.51. The molecular formula is C26H23Cl3N2O3. The number of halogens is 3. The van der Waals surface area contributed by atoms with Gasteiger partial charge in [0, 0.05) is 27.6 Å². The molecule has 0 N–H and O–H groups in total. The zero-order valence-corrected chi connectivity index (χ0v) is 21.2. The van der Waals surface area contributed by atoms with Crippen LogP contribution in [0.25, 0.3) is 0 Å². The average molecular weight is 518 g/mol. The van der Waals surface area contributed by atoms with Crippen molar-refractivity contribution in [1.82, 2.24) is 5.01 Å². The summed E-state index contributed by atoms with van der Waals surface area (Å²) < 4.78 is 17.9. The Bertz CT molecular complexity index is 1260. The summed E-state index contributed by atoms with van der Waals surface area (Å²) in [4.78, 5) is 0. The fourth-order valence-corrected chi connectivity index (χ4v) is 4.90. The van der Waals surface area contributed by atoms with Gasteiger partial charge in [0.15, 0.2) is 11.5 Å². The van der Waals surface area contributed by atoms with Crippen molar-refractivity contribution in [2.24, 2.45) is 5.10 Å². The lowest BCUT2D eigenvalue weighted by atomic mass is 9.96. The van der Waals surface area contributed by atoms with Crippen molar-refractivity contribution in [3.63, 3.8) is 0 Å². The zero-order chi connectivity index (χ0) is 24.0. The lowest BCUT2D eigenvalue weighted by Gasteiger charge is -2.38. The van der Waals surface area contributed by atoms with Gasteiger partial charge < -0.3 is 14.2 Å². The minimum atomic E-state index is -0.511. The minimum absolute atomic E-state index is 0.0468. The third-order valence-corrected chi connectivity index (χ3v) is 6.59.